The van der Waals surface area contributed by atoms with Crippen LogP contribution in [-0.2, 0) is 4.79 Å². The molecule has 3 aromatic carbocycles. The van der Waals surface area contributed by atoms with Crippen molar-refractivity contribution >= 4 is 28.4 Å². The minimum Gasteiger partial charge on any atom is -0.497 e. The highest BCUT2D eigenvalue weighted by Crippen LogP contribution is 2.26. The number of aromatic nitrogens is 1. The Morgan fingerprint density at radius 1 is 0.909 bits per heavy atom. The van der Waals surface area contributed by atoms with Crippen LogP contribution < -0.4 is 15.4 Å². The summed E-state index contributed by atoms with van der Waals surface area (Å²) in [5.41, 5.74) is 5.41. The molecule has 1 aromatic heterocycles. The Kier molecular flexibility index (Phi) is 6.36. The van der Waals surface area contributed by atoms with E-state index in [2.05, 4.69) is 10.6 Å². The summed E-state index contributed by atoms with van der Waals surface area (Å²) in [6.07, 6.45) is 0. The Bertz CT molecular complexity index is 1310. The number of carbonyl (C=O) groups excluding carboxylic acids is 2. The van der Waals surface area contributed by atoms with E-state index in [9.17, 15) is 9.59 Å². The molecule has 0 saturated carbocycles. The second kappa shape index (κ2) is 9.53. The van der Waals surface area contributed by atoms with Crippen molar-refractivity contribution in [3.8, 4) is 17.0 Å². The zero-order valence-corrected chi connectivity index (χ0v) is 18.8. The van der Waals surface area contributed by atoms with Gasteiger partial charge < -0.3 is 15.4 Å². The Morgan fingerprint density at radius 2 is 1.61 bits per heavy atom. The molecular formula is C27H25N3O3. The van der Waals surface area contributed by atoms with Crippen molar-refractivity contribution in [2.45, 2.75) is 13.8 Å². The summed E-state index contributed by atoms with van der Waals surface area (Å²) < 4.78 is 5.23. The number of rotatable bonds is 6. The van der Waals surface area contributed by atoms with Crippen molar-refractivity contribution in [3.05, 3.63) is 89.5 Å². The molecule has 6 nitrogen and oxygen atoms in total. The third-order valence-electron chi connectivity index (χ3n) is 5.50. The lowest BCUT2D eigenvalue weighted by molar-refractivity contribution is -0.115. The molecule has 6 heteroatoms. The van der Waals surface area contributed by atoms with Crippen LogP contribution in [0.1, 0.15) is 21.5 Å². The highest BCUT2D eigenvalue weighted by molar-refractivity contribution is 6.08. The molecule has 2 amide bonds. The smallest absolute Gasteiger partial charge is 0.252 e. The maximum Gasteiger partial charge on any atom is 0.252 e. The fourth-order valence-corrected chi connectivity index (χ4v) is 3.72. The van der Waals surface area contributed by atoms with Gasteiger partial charge in [0.1, 0.15) is 5.75 Å². The van der Waals surface area contributed by atoms with Gasteiger partial charge in [0.2, 0.25) is 5.91 Å². The van der Waals surface area contributed by atoms with Crippen LogP contribution in [-0.4, -0.2) is 30.5 Å². The van der Waals surface area contributed by atoms with Crippen molar-refractivity contribution in [1.82, 2.24) is 10.3 Å². The fraction of sp³-hybridized carbons (Fsp3) is 0.148. The van der Waals surface area contributed by atoms with E-state index in [1.165, 1.54) is 0 Å². The quantitative estimate of drug-likeness (QED) is 0.448. The number of nitrogens with zero attached hydrogens (tertiary/aromatic N) is 1. The van der Waals surface area contributed by atoms with Gasteiger partial charge in [-0.25, -0.2) is 4.98 Å². The minimum atomic E-state index is -0.333. The third kappa shape index (κ3) is 4.85. The van der Waals surface area contributed by atoms with Crippen molar-refractivity contribution < 1.29 is 14.3 Å². The lowest BCUT2D eigenvalue weighted by Gasteiger charge is -2.13. The Hall–Kier alpha value is -4.19. The first-order chi connectivity index (χ1) is 16.0. The van der Waals surface area contributed by atoms with Crippen molar-refractivity contribution in [1.29, 1.82) is 0 Å². The van der Waals surface area contributed by atoms with Gasteiger partial charge in [0.15, 0.2) is 0 Å². The van der Waals surface area contributed by atoms with Crippen LogP contribution in [0, 0.1) is 13.8 Å². The van der Waals surface area contributed by atoms with Gasteiger partial charge in [0, 0.05) is 16.6 Å². The molecule has 0 saturated heterocycles. The number of aryl methyl sites for hydroxylation is 2. The molecule has 4 aromatic rings. The summed E-state index contributed by atoms with van der Waals surface area (Å²) in [5.74, 6) is 0.127. The normalized spacial score (nSPS) is 10.6. The maximum atomic E-state index is 13.1. The number of amides is 2. The molecule has 33 heavy (non-hydrogen) atoms. The number of benzene rings is 3. The van der Waals surface area contributed by atoms with Gasteiger partial charge in [-0.3, -0.25) is 9.59 Å². The van der Waals surface area contributed by atoms with Crippen molar-refractivity contribution in [2.24, 2.45) is 0 Å². The SMILES string of the molecule is COc1ccc(-c2cc(C(=O)NCC(=O)Nc3c(C)cccc3C)c3ccccc3n2)cc1. The van der Waals surface area contributed by atoms with E-state index >= 15 is 0 Å². The highest BCUT2D eigenvalue weighted by atomic mass is 16.5. The average Bonchev–Trinajstić information content (AvgIpc) is 2.84. The van der Waals surface area contributed by atoms with Crippen LogP contribution >= 0.6 is 0 Å². The number of pyridine rings is 1. The van der Waals surface area contributed by atoms with Crippen LogP contribution in [0.15, 0.2) is 72.8 Å². The number of ether oxygens (including phenoxy) is 1. The molecule has 0 aliphatic heterocycles. The number of para-hydroxylation sites is 2. The Balaban J connectivity index is 1.57. The number of hydrogen-bond donors (Lipinski definition) is 2. The van der Waals surface area contributed by atoms with Gasteiger partial charge in [-0.2, -0.15) is 0 Å². The lowest BCUT2D eigenvalue weighted by atomic mass is 10.0. The molecule has 1 heterocycles. The van der Waals surface area contributed by atoms with Crippen LogP contribution in [0.2, 0.25) is 0 Å². The van der Waals surface area contributed by atoms with E-state index in [4.69, 9.17) is 9.72 Å². The summed E-state index contributed by atoms with van der Waals surface area (Å²) in [6, 6.07) is 22.5. The summed E-state index contributed by atoms with van der Waals surface area (Å²) in [7, 11) is 1.61. The standard InChI is InChI=1S/C27H25N3O3/c1-17-7-6-8-18(2)26(17)30-25(31)16-28-27(32)22-15-24(19-11-13-20(33-3)14-12-19)29-23-10-5-4-9-21(22)23/h4-15H,16H2,1-3H3,(H,28,32)(H,30,31). The monoisotopic (exact) mass is 439 g/mol. The van der Waals surface area contributed by atoms with Crippen LogP contribution in [0.3, 0.4) is 0 Å². The van der Waals surface area contributed by atoms with Gasteiger partial charge in [0.05, 0.1) is 30.4 Å². The third-order valence-corrected chi connectivity index (χ3v) is 5.50. The molecule has 0 atom stereocenters. The largest absolute Gasteiger partial charge is 0.497 e. The number of nitrogens with one attached hydrogen (secondary N) is 2. The predicted molar refractivity (Wildman–Crippen MR) is 131 cm³/mol. The molecule has 0 radical (unpaired) electrons. The first-order valence-electron chi connectivity index (χ1n) is 10.6. The van der Waals surface area contributed by atoms with Crippen LogP contribution in [0.5, 0.6) is 5.75 Å². The van der Waals surface area contributed by atoms with E-state index in [0.717, 1.165) is 33.5 Å². The zero-order chi connectivity index (χ0) is 23.4. The van der Waals surface area contributed by atoms with Crippen molar-refractivity contribution in [2.75, 3.05) is 19.0 Å². The second-order valence-electron chi connectivity index (χ2n) is 7.80. The molecule has 0 fully saturated rings. The maximum absolute atomic E-state index is 13.1. The molecule has 0 unspecified atom stereocenters. The highest BCUT2D eigenvalue weighted by Gasteiger charge is 2.15. The topological polar surface area (TPSA) is 80.3 Å². The Morgan fingerprint density at radius 3 is 2.30 bits per heavy atom. The van der Waals surface area contributed by atoms with E-state index in [-0.39, 0.29) is 18.4 Å². The fourth-order valence-electron chi connectivity index (χ4n) is 3.72. The zero-order valence-electron chi connectivity index (χ0n) is 18.8. The predicted octanol–water partition coefficient (Wildman–Crippen LogP) is 4.90. The first kappa shape index (κ1) is 22.0. The number of methoxy groups -OCH3 is 1. The molecule has 4 rings (SSSR count). The minimum absolute atomic E-state index is 0.138. The molecule has 166 valence electrons. The molecule has 0 aliphatic carbocycles. The number of fused-ring (bicyclic) bond motifs is 1. The van der Waals surface area contributed by atoms with E-state index in [1.54, 1.807) is 13.2 Å². The molecule has 0 bridgehead atoms. The van der Waals surface area contributed by atoms with Gasteiger partial charge in [-0.05, 0) is 61.4 Å². The summed E-state index contributed by atoms with van der Waals surface area (Å²) in [5, 5.41) is 6.37. The average molecular weight is 440 g/mol. The summed E-state index contributed by atoms with van der Waals surface area (Å²) in [4.78, 5) is 30.3. The molecule has 0 aliphatic rings. The number of anilines is 1. The van der Waals surface area contributed by atoms with Gasteiger partial charge in [-0.1, -0.05) is 36.4 Å². The molecular weight excluding hydrogens is 414 g/mol. The lowest BCUT2D eigenvalue weighted by Crippen LogP contribution is -2.33. The summed E-state index contributed by atoms with van der Waals surface area (Å²) >= 11 is 0. The van der Waals surface area contributed by atoms with E-state index < -0.39 is 0 Å². The second-order valence-corrected chi connectivity index (χ2v) is 7.80. The number of hydrogen-bond acceptors (Lipinski definition) is 4. The van der Waals surface area contributed by atoms with E-state index in [1.807, 2.05) is 80.6 Å². The number of carbonyl (C=O) groups is 2. The van der Waals surface area contributed by atoms with Crippen LogP contribution in [0.25, 0.3) is 22.2 Å². The van der Waals surface area contributed by atoms with Gasteiger partial charge in [0.25, 0.3) is 5.91 Å². The van der Waals surface area contributed by atoms with E-state index in [0.29, 0.717) is 16.8 Å². The van der Waals surface area contributed by atoms with Crippen molar-refractivity contribution in [3.63, 3.8) is 0 Å². The molecule has 2 N–H and O–H groups in total. The first-order valence-corrected chi connectivity index (χ1v) is 10.6. The molecule has 0 spiro atoms. The Labute approximate surface area is 192 Å². The van der Waals surface area contributed by atoms with Crippen LogP contribution in [0.4, 0.5) is 5.69 Å². The summed E-state index contributed by atoms with van der Waals surface area (Å²) in [6.45, 7) is 3.73. The van der Waals surface area contributed by atoms with Gasteiger partial charge in [-0.15, -0.1) is 0 Å². The van der Waals surface area contributed by atoms with Gasteiger partial charge >= 0.3 is 0 Å².